The van der Waals surface area contributed by atoms with E-state index in [0.29, 0.717) is 0 Å². The number of hydrogen-bond acceptors (Lipinski definition) is 10. The zero-order chi connectivity index (χ0) is 19.2. The van der Waals surface area contributed by atoms with E-state index in [1.54, 1.807) is 0 Å². The molecule has 0 radical (unpaired) electrons. The Labute approximate surface area is 145 Å². The molecule has 0 heterocycles. The second-order valence-corrected chi connectivity index (χ2v) is 4.90. The third-order valence-corrected chi connectivity index (χ3v) is 2.90. The summed E-state index contributed by atoms with van der Waals surface area (Å²) in [4.78, 5) is 11.3. The van der Waals surface area contributed by atoms with Gasteiger partial charge < -0.3 is 50.2 Å². The molecule has 0 fully saturated rings. The third kappa shape index (κ3) is 9.67. The Hall–Kier alpha value is -1.31. The summed E-state index contributed by atoms with van der Waals surface area (Å²) in [7, 11) is 0. The number of nitrogens with one attached hydrogen (secondary N) is 1. The van der Waals surface area contributed by atoms with E-state index in [-0.39, 0.29) is 13.2 Å². The number of rotatable bonds is 14. The topological polar surface area (TPSA) is 178 Å². The smallest absolute Gasteiger partial charge is 0.407 e. The molecule has 0 aromatic carbocycles. The van der Waals surface area contributed by atoms with Crippen molar-refractivity contribution >= 4 is 6.09 Å². The highest BCUT2D eigenvalue weighted by Gasteiger charge is 2.33. The van der Waals surface area contributed by atoms with Crippen LogP contribution >= 0.6 is 0 Å². The number of carbonyl (C=O) groups excluding carboxylic acids is 1. The Balaban J connectivity index is 4.83. The first-order valence-corrected chi connectivity index (χ1v) is 7.56. The normalized spacial score (nSPS) is 17.2. The molecule has 1 amide bonds. The lowest BCUT2D eigenvalue weighted by molar-refractivity contribution is -0.255. The minimum atomic E-state index is -1.58. The lowest BCUT2D eigenvalue weighted by Crippen LogP contribution is -2.51. The van der Waals surface area contributed by atoms with Crippen molar-refractivity contribution in [3.63, 3.8) is 0 Å². The zero-order valence-corrected chi connectivity index (χ0v) is 13.7. The van der Waals surface area contributed by atoms with Gasteiger partial charge in [-0.2, -0.15) is 0 Å². The molecule has 0 aliphatic heterocycles. The summed E-state index contributed by atoms with van der Waals surface area (Å²) in [6.45, 7) is 0.738. The Morgan fingerprint density at radius 2 is 1.72 bits per heavy atom. The highest BCUT2D eigenvalue weighted by atomic mass is 16.7. The van der Waals surface area contributed by atoms with E-state index in [0.717, 1.165) is 0 Å². The van der Waals surface area contributed by atoms with Crippen LogP contribution in [0.2, 0.25) is 0 Å². The predicted molar refractivity (Wildman–Crippen MR) is 83.4 cm³/mol. The summed E-state index contributed by atoms with van der Waals surface area (Å²) in [5.41, 5.74) is 0. The average molecular weight is 369 g/mol. The maximum atomic E-state index is 11.3. The van der Waals surface area contributed by atoms with Crippen LogP contribution in [0.4, 0.5) is 4.79 Å². The van der Waals surface area contributed by atoms with Gasteiger partial charge in [-0.1, -0.05) is 12.7 Å². The lowest BCUT2D eigenvalue weighted by Gasteiger charge is -2.32. The summed E-state index contributed by atoms with van der Waals surface area (Å²) in [6.07, 6.45) is -7.09. The van der Waals surface area contributed by atoms with Crippen molar-refractivity contribution in [2.45, 2.75) is 30.7 Å². The van der Waals surface area contributed by atoms with Gasteiger partial charge in [-0.15, -0.1) is 0 Å². The van der Waals surface area contributed by atoms with Gasteiger partial charge in [0.1, 0.15) is 31.0 Å². The fourth-order valence-corrected chi connectivity index (χ4v) is 1.68. The number of aliphatic hydroxyl groups excluding tert-OH is 6. The Bertz CT molecular complexity index is 370. The van der Waals surface area contributed by atoms with Crippen molar-refractivity contribution in [3.05, 3.63) is 12.7 Å². The second kappa shape index (κ2) is 13.9. The Morgan fingerprint density at radius 3 is 2.24 bits per heavy atom. The number of hydrogen-bond donors (Lipinski definition) is 7. The third-order valence-electron chi connectivity index (χ3n) is 2.90. The van der Waals surface area contributed by atoms with Crippen molar-refractivity contribution in [3.8, 4) is 0 Å². The minimum Gasteiger partial charge on any atom is -0.445 e. The second-order valence-electron chi connectivity index (χ2n) is 4.90. The lowest BCUT2D eigenvalue weighted by atomic mass is 10.1. The summed E-state index contributed by atoms with van der Waals surface area (Å²) >= 11 is 0. The van der Waals surface area contributed by atoms with E-state index in [9.17, 15) is 20.1 Å². The summed E-state index contributed by atoms with van der Waals surface area (Å²) in [5, 5.41) is 58.5. The van der Waals surface area contributed by atoms with Crippen molar-refractivity contribution in [2.75, 3.05) is 39.6 Å². The molecule has 148 valence electrons. The summed E-state index contributed by atoms with van der Waals surface area (Å²) in [5.74, 6) is 0. The van der Waals surface area contributed by atoms with Crippen LogP contribution in [0.3, 0.4) is 0 Å². The van der Waals surface area contributed by atoms with E-state index in [4.69, 9.17) is 24.8 Å². The standard InChI is InChI=1S/C14H27NO10/c1-2-4-24-14(22)15-6-9(19)12(10(20)7-17)25-13(11(21)8-18)23-5-3-16/h2,9-13,16-21H,1,3-8H2,(H,15,22)/t9-,10?,11?,12+,13+/m1/s1. The van der Waals surface area contributed by atoms with Crippen LogP contribution in [-0.2, 0) is 14.2 Å². The van der Waals surface area contributed by atoms with Gasteiger partial charge in [0.05, 0.1) is 26.4 Å². The quantitative estimate of drug-likeness (QED) is 0.121. The molecular weight excluding hydrogens is 342 g/mol. The van der Waals surface area contributed by atoms with Crippen LogP contribution in [0.1, 0.15) is 0 Å². The summed E-state index contributed by atoms with van der Waals surface area (Å²) < 4.78 is 14.9. The largest absolute Gasteiger partial charge is 0.445 e. The van der Waals surface area contributed by atoms with Gasteiger partial charge in [0.25, 0.3) is 0 Å². The summed E-state index contributed by atoms with van der Waals surface area (Å²) in [6, 6.07) is 0. The molecule has 0 aromatic heterocycles. The van der Waals surface area contributed by atoms with Gasteiger partial charge >= 0.3 is 6.09 Å². The highest BCUT2D eigenvalue weighted by molar-refractivity contribution is 5.67. The average Bonchev–Trinajstić information content (AvgIpc) is 2.63. The molecule has 0 saturated carbocycles. The molecule has 0 bridgehead atoms. The van der Waals surface area contributed by atoms with Crippen LogP contribution in [0.5, 0.6) is 0 Å². The first kappa shape index (κ1) is 23.7. The van der Waals surface area contributed by atoms with Gasteiger partial charge in [0.2, 0.25) is 0 Å². The van der Waals surface area contributed by atoms with Gasteiger partial charge in [0.15, 0.2) is 6.29 Å². The van der Waals surface area contributed by atoms with E-state index in [2.05, 4.69) is 16.6 Å². The molecular formula is C14H27NO10. The number of amides is 1. The minimum absolute atomic E-state index is 0.0408. The van der Waals surface area contributed by atoms with Gasteiger partial charge in [-0.05, 0) is 0 Å². The molecule has 2 unspecified atom stereocenters. The van der Waals surface area contributed by atoms with Gasteiger partial charge in [0, 0.05) is 6.54 Å². The molecule has 0 rings (SSSR count). The number of alkyl carbamates (subject to hydrolysis) is 1. The van der Waals surface area contributed by atoms with Crippen LogP contribution in [0.15, 0.2) is 12.7 Å². The number of ether oxygens (including phenoxy) is 3. The van der Waals surface area contributed by atoms with Crippen molar-refractivity contribution < 1.29 is 49.6 Å². The van der Waals surface area contributed by atoms with E-state index in [1.165, 1.54) is 6.08 Å². The zero-order valence-electron chi connectivity index (χ0n) is 13.7. The van der Waals surface area contributed by atoms with E-state index >= 15 is 0 Å². The first-order valence-electron chi connectivity index (χ1n) is 7.56. The maximum Gasteiger partial charge on any atom is 0.407 e. The van der Waals surface area contributed by atoms with Crippen molar-refractivity contribution in [1.29, 1.82) is 0 Å². The predicted octanol–water partition coefficient (Wildman–Crippen LogP) is -3.31. The molecule has 0 spiro atoms. The van der Waals surface area contributed by atoms with Crippen LogP contribution in [-0.4, -0.2) is 107 Å². The molecule has 11 nitrogen and oxygen atoms in total. The molecule has 25 heavy (non-hydrogen) atoms. The van der Waals surface area contributed by atoms with E-state index in [1.807, 2.05) is 0 Å². The number of aliphatic hydroxyl groups is 6. The first-order chi connectivity index (χ1) is 11.9. The van der Waals surface area contributed by atoms with Gasteiger partial charge in [-0.3, -0.25) is 0 Å². The highest BCUT2D eigenvalue weighted by Crippen LogP contribution is 2.13. The Morgan fingerprint density at radius 1 is 1.08 bits per heavy atom. The molecule has 0 saturated heterocycles. The molecule has 7 N–H and O–H groups in total. The van der Waals surface area contributed by atoms with Gasteiger partial charge in [-0.25, -0.2) is 4.79 Å². The number of carbonyl (C=O) groups is 1. The van der Waals surface area contributed by atoms with Crippen molar-refractivity contribution in [1.82, 2.24) is 5.32 Å². The molecule has 0 aliphatic carbocycles. The van der Waals surface area contributed by atoms with Crippen molar-refractivity contribution in [2.24, 2.45) is 0 Å². The van der Waals surface area contributed by atoms with Crippen LogP contribution < -0.4 is 5.32 Å². The SMILES string of the molecule is C=CCOC(=O)NC[C@@H](O)[C@H](O[C@H](OCCO)C(O)CO)C(O)CO. The molecule has 5 atom stereocenters. The van der Waals surface area contributed by atoms with Crippen LogP contribution in [0, 0.1) is 0 Å². The molecule has 11 heteroatoms. The van der Waals surface area contributed by atoms with E-state index < -0.39 is 63.2 Å². The van der Waals surface area contributed by atoms with Crippen LogP contribution in [0.25, 0.3) is 0 Å². The fraction of sp³-hybridized carbons (Fsp3) is 0.786. The fourth-order valence-electron chi connectivity index (χ4n) is 1.68. The molecule has 0 aromatic rings. The maximum absolute atomic E-state index is 11.3. The monoisotopic (exact) mass is 369 g/mol. The molecule has 0 aliphatic rings. The Kier molecular flexibility index (Phi) is 13.2.